The van der Waals surface area contributed by atoms with E-state index in [-0.39, 0.29) is 28.4 Å². The molecule has 2 aliphatic heterocycles. The fraction of sp³-hybridized carbons (Fsp3) is 0.229. The van der Waals surface area contributed by atoms with Gasteiger partial charge in [0, 0.05) is 51.1 Å². The molecule has 2 heterocycles. The lowest BCUT2D eigenvalue weighted by molar-refractivity contribution is 0.569. The van der Waals surface area contributed by atoms with E-state index in [1.165, 1.54) is 89.3 Å². The normalized spacial score (nSPS) is 13.3. The molecule has 4 heteroatoms. The maximum atomic E-state index is 2.62. The van der Waals surface area contributed by atoms with Crippen molar-refractivity contribution in [2.24, 2.45) is 0 Å². The first-order valence-electron chi connectivity index (χ1n) is 26.6. The molecule has 0 spiro atoms. The molecule has 9 aromatic rings. The smallest absolute Gasteiger partial charge is 0.252 e. The van der Waals surface area contributed by atoms with Gasteiger partial charge in [-0.15, -0.1) is 0 Å². The van der Waals surface area contributed by atoms with Gasteiger partial charge in [-0.2, -0.15) is 0 Å². The Morgan fingerprint density at radius 3 is 1.36 bits per heavy atom. The zero-order valence-electron chi connectivity index (χ0n) is 45.5. The molecule has 0 aromatic heterocycles. The molecule has 11 rings (SSSR count). The van der Waals surface area contributed by atoms with Crippen LogP contribution in [0, 0.1) is 0 Å². The topological polar surface area (TPSA) is 9.72 Å². The lowest BCUT2D eigenvalue weighted by Gasteiger charge is -2.45. The molecule has 2 aliphatic rings. The van der Waals surface area contributed by atoms with E-state index in [0.29, 0.717) is 0 Å². The number of benzene rings is 9. The molecule has 0 saturated heterocycles. The first-order chi connectivity index (χ1) is 35.2. The third-order valence-electron chi connectivity index (χ3n) is 15.4. The van der Waals surface area contributed by atoms with Crippen LogP contribution in [0.1, 0.15) is 105 Å². The van der Waals surface area contributed by atoms with E-state index in [4.69, 9.17) is 0 Å². The van der Waals surface area contributed by atoms with E-state index >= 15 is 0 Å². The number of anilines is 9. The van der Waals surface area contributed by atoms with Crippen molar-refractivity contribution in [3.05, 3.63) is 229 Å². The van der Waals surface area contributed by atoms with Gasteiger partial charge >= 0.3 is 0 Å². The maximum absolute atomic E-state index is 2.62. The van der Waals surface area contributed by atoms with Crippen LogP contribution in [0.25, 0.3) is 22.3 Å². The number of hydrogen-bond donors (Lipinski definition) is 0. The van der Waals surface area contributed by atoms with Crippen molar-refractivity contribution >= 4 is 74.3 Å². The predicted molar refractivity (Wildman–Crippen MR) is 321 cm³/mol. The average molecular weight is 964 g/mol. The molecule has 0 amide bonds. The fourth-order valence-corrected chi connectivity index (χ4v) is 11.2. The largest absolute Gasteiger partial charge is 0.311 e. The molecule has 74 heavy (non-hydrogen) atoms. The quantitative estimate of drug-likeness (QED) is 0.147. The zero-order chi connectivity index (χ0) is 51.9. The maximum Gasteiger partial charge on any atom is 0.252 e. The van der Waals surface area contributed by atoms with Gasteiger partial charge in [0.05, 0.1) is 5.69 Å². The van der Waals surface area contributed by atoms with Gasteiger partial charge < -0.3 is 14.7 Å². The number of nitrogens with zero attached hydrogens (tertiary/aromatic N) is 3. The first kappa shape index (κ1) is 48.7. The standard InChI is InChI=1S/C70H70BN3/c1-67(2,3)50-32-35-56(36-33-50)73-62-29-22-30-63-66(62)71(60-39-37-57(46-65(60)73)72(54-25-18-14-19-26-54)55-27-20-15-21-28-55)59-38-31-48(47-23-16-13-17-24-47)43-64(59)74(63)61-40-34-51(68(4,5)6)45-58(61)49-41-52(69(7,8)9)44-53(42-49)70(10,11)12/h13-46H,1-12H3. The minimum Gasteiger partial charge on any atom is -0.311 e. The Hall–Kier alpha value is -7.56. The molecule has 0 fully saturated rings. The second kappa shape index (κ2) is 18.1. The van der Waals surface area contributed by atoms with Gasteiger partial charge in [0.15, 0.2) is 0 Å². The SMILES string of the molecule is CC(C)(C)c1ccc(N2c3cc(N(c4ccccc4)c4ccccc4)ccc3B3c4ccc(-c5ccccc5)cc4N(c4ccc(C(C)(C)C)cc4-c4cc(C(C)(C)C)cc(C(C)(C)C)c4)c4cccc2c43)cc1. The van der Waals surface area contributed by atoms with Crippen molar-refractivity contribution in [1.82, 2.24) is 0 Å². The summed E-state index contributed by atoms with van der Waals surface area (Å²) >= 11 is 0. The van der Waals surface area contributed by atoms with Crippen molar-refractivity contribution in [3.8, 4) is 22.3 Å². The second-order valence-electron chi connectivity index (χ2n) is 24.8. The number of fused-ring (bicyclic) bond motifs is 4. The molecular formula is C70H70BN3. The molecule has 3 nitrogen and oxygen atoms in total. The van der Waals surface area contributed by atoms with Gasteiger partial charge in [-0.05, 0) is 156 Å². The lowest BCUT2D eigenvalue weighted by Crippen LogP contribution is -2.61. The van der Waals surface area contributed by atoms with Crippen LogP contribution in [0.2, 0.25) is 0 Å². The number of rotatable bonds is 7. The average Bonchev–Trinajstić information content (AvgIpc) is 3.39. The molecule has 368 valence electrons. The van der Waals surface area contributed by atoms with Crippen LogP contribution >= 0.6 is 0 Å². The second-order valence-corrected chi connectivity index (χ2v) is 24.8. The molecular weight excluding hydrogens is 894 g/mol. The molecule has 0 saturated carbocycles. The number of hydrogen-bond acceptors (Lipinski definition) is 3. The zero-order valence-corrected chi connectivity index (χ0v) is 45.5. The summed E-state index contributed by atoms with van der Waals surface area (Å²) in [5.41, 5.74) is 24.3. The van der Waals surface area contributed by atoms with Crippen molar-refractivity contribution in [2.45, 2.75) is 105 Å². The molecule has 0 radical (unpaired) electrons. The third-order valence-corrected chi connectivity index (χ3v) is 15.4. The summed E-state index contributed by atoms with van der Waals surface area (Å²) in [4.78, 5) is 7.55. The summed E-state index contributed by atoms with van der Waals surface area (Å²) in [6, 6.07) is 77.9. The van der Waals surface area contributed by atoms with E-state index in [9.17, 15) is 0 Å². The molecule has 0 unspecified atom stereocenters. The highest BCUT2D eigenvalue weighted by molar-refractivity contribution is 7.00. The van der Waals surface area contributed by atoms with Crippen molar-refractivity contribution in [3.63, 3.8) is 0 Å². The highest BCUT2D eigenvalue weighted by Gasteiger charge is 2.44. The fourth-order valence-electron chi connectivity index (χ4n) is 11.2. The Morgan fingerprint density at radius 1 is 0.311 bits per heavy atom. The molecule has 0 aliphatic carbocycles. The van der Waals surface area contributed by atoms with Gasteiger partial charge in [0.2, 0.25) is 0 Å². The Morgan fingerprint density at radius 2 is 0.811 bits per heavy atom. The summed E-state index contributed by atoms with van der Waals surface area (Å²) in [5, 5.41) is 0. The van der Waals surface area contributed by atoms with Crippen molar-refractivity contribution < 1.29 is 0 Å². The van der Waals surface area contributed by atoms with Crippen LogP contribution in [0.3, 0.4) is 0 Å². The first-order valence-corrected chi connectivity index (χ1v) is 26.6. The van der Waals surface area contributed by atoms with Gasteiger partial charge in [0.25, 0.3) is 6.71 Å². The van der Waals surface area contributed by atoms with Crippen molar-refractivity contribution in [2.75, 3.05) is 14.7 Å². The molecule has 0 atom stereocenters. The molecule has 0 N–H and O–H groups in total. The Bertz CT molecular complexity index is 3460. The van der Waals surface area contributed by atoms with Crippen LogP contribution in [0.5, 0.6) is 0 Å². The van der Waals surface area contributed by atoms with Gasteiger partial charge in [-0.1, -0.05) is 210 Å². The van der Waals surface area contributed by atoms with Gasteiger partial charge in [0.1, 0.15) is 0 Å². The van der Waals surface area contributed by atoms with E-state index in [2.05, 4.69) is 304 Å². The highest BCUT2D eigenvalue weighted by atomic mass is 15.2. The Balaban J connectivity index is 1.22. The lowest BCUT2D eigenvalue weighted by atomic mass is 9.33. The van der Waals surface area contributed by atoms with Crippen LogP contribution in [0.4, 0.5) is 51.2 Å². The van der Waals surface area contributed by atoms with Gasteiger partial charge in [-0.3, -0.25) is 0 Å². The molecule has 9 aromatic carbocycles. The minimum atomic E-state index is -0.0682. The third kappa shape index (κ3) is 8.83. The number of para-hydroxylation sites is 2. The highest BCUT2D eigenvalue weighted by Crippen LogP contribution is 2.50. The summed E-state index contributed by atoms with van der Waals surface area (Å²) in [6.45, 7) is 27.9. The monoisotopic (exact) mass is 964 g/mol. The van der Waals surface area contributed by atoms with Crippen LogP contribution in [0.15, 0.2) is 206 Å². The molecule has 0 bridgehead atoms. The van der Waals surface area contributed by atoms with Crippen LogP contribution in [-0.4, -0.2) is 6.71 Å². The van der Waals surface area contributed by atoms with Crippen molar-refractivity contribution in [1.29, 1.82) is 0 Å². The van der Waals surface area contributed by atoms with Gasteiger partial charge in [-0.25, -0.2) is 0 Å². The van der Waals surface area contributed by atoms with E-state index < -0.39 is 0 Å². The van der Waals surface area contributed by atoms with E-state index in [0.717, 1.165) is 22.7 Å². The summed E-state index contributed by atoms with van der Waals surface area (Å²) < 4.78 is 0. The Labute approximate surface area is 442 Å². The summed E-state index contributed by atoms with van der Waals surface area (Å²) in [6.07, 6.45) is 0. The minimum absolute atomic E-state index is 0.0114. The predicted octanol–water partition coefficient (Wildman–Crippen LogP) is 17.8. The Kier molecular flexibility index (Phi) is 11.9. The summed E-state index contributed by atoms with van der Waals surface area (Å²) in [5.74, 6) is 0. The van der Waals surface area contributed by atoms with Crippen LogP contribution < -0.4 is 31.1 Å². The van der Waals surface area contributed by atoms with E-state index in [1.807, 2.05) is 0 Å². The summed E-state index contributed by atoms with van der Waals surface area (Å²) in [7, 11) is 0. The van der Waals surface area contributed by atoms with E-state index in [1.54, 1.807) is 0 Å². The van der Waals surface area contributed by atoms with Crippen LogP contribution in [-0.2, 0) is 21.7 Å².